The van der Waals surface area contributed by atoms with Crippen molar-refractivity contribution in [2.75, 3.05) is 18.1 Å². The van der Waals surface area contributed by atoms with Gasteiger partial charge in [-0.15, -0.1) is 0 Å². The number of thioether (sulfide) groups is 1. The molecule has 2 nitrogen and oxygen atoms in total. The third kappa shape index (κ3) is 1.77. The second-order valence-corrected chi connectivity index (χ2v) is 3.00. The van der Waals surface area contributed by atoms with E-state index in [4.69, 9.17) is 4.74 Å². The number of esters is 1. The first kappa shape index (κ1) is 7.66. The third-order valence-corrected chi connectivity index (χ3v) is 2.16. The summed E-state index contributed by atoms with van der Waals surface area (Å²) in [6.07, 6.45) is 1.93. The van der Waals surface area contributed by atoms with Crippen LogP contribution in [0.1, 0.15) is 6.92 Å². The third-order valence-electron chi connectivity index (χ3n) is 1.24. The van der Waals surface area contributed by atoms with E-state index in [0.717, 1.165) is 17.1 Å². The molecular weight excluding hydrogens is 148 g/mol. The first-order valence-electron chi connectivity index (χ1n) is 3.28. The number of hydrogen-bond donors (Lipinski definition) is 0. The summed E-state index contributed by atoms with van der Waals surface area (Å²) in [4.78, 5) is 10.9. The summed E-state index contributed by atoms with van der Waals surface area (Å²) < 4.78 is 4.81. The van der Waals surface area contributed by atoms with Gasteiger partial charge in [0.2, 0.25) is 0 Å². The number of carbonyl (C=O) groups excluding carboxylic acids is 1. The molecule has 0 saturated carbocycles. The van der Waals surface area contributed by atoms with E-state index < -0.39 is 0 Å². The molecule has 0 spiro atoms. The van der Waals surface area contributed by atoms with Crippen LogP contribution in [0.2, 0.25) is 0 Å². The number of carbonyl (C=O) groups is 1. The van der Waals surface area contributed by atoms with Crippen LogP contribution in [0.15, 0.2) is 11.6 Å². The Kier molecular flexibility index (Phi) is 2.81. The molecular formula is C7H10O2S. The summed E-state index contributed by atoms with van der Waals surface area (Å²) in [7, 11) is 0. The Balaban J connectivity index is 2.40. The predicted octanol–water partition coefficient (Wildman–Crippen LogP) is 1.22. The lowest BCUT2D eigenvalue weighted by atomic mass is 10.3. The Morgan fingerprint density at radius 1 is 1.90 bits per heavy atom. The van der Waals surface area contributed by atoms with Crippen molar-refractivity contribution in [3.63, 3.8) is 0 Å². The van der Waals surface area contributed by atoms with Crippen molar-refractivity contribution in [3.05, 3.63) is 11.6 Å². The maximum Gasteiger partial charge on any atom is 0.334 e. The highest BCUT2D eigenvalue weighted by Gasteiger charge is 2.13. The van der Waals surface area contributed by atoms with Crippen molar-refractivity contribution in [2.45, 2.75) is 6.92 Å². The van der Waals surface area contributed by atoms with Crippen LogP contribution in [0.25, 0.3) is 0 Å². The summed E-state index contributed by atoms with van der Waals surface area (Å²) in [6, 6.07) is 0. The summed E-state index contributed by atoms with van der Waals surface area (Å²) in [5, 5.41) is 0. The van der Waals surface area contributed by atoms with E-state index in [1.54, 1.807) is 11.8 Å². The van der Waals surface area contributed by atoms with Crippen molar-refractivity contribution in [3.8, 4) is 0 Å². The second kappa shape index (κ2) is 3.66. The van der Waals surface area contributed by atoms with Gasteiger partial charge in [-0.3, -0.25) is 0 Å². The van der Waals surface area contributed by atoms with E-state index in [-0.39, 0.29) is 5.97 Å². The standard InChI is InChI=1S/C7H10O2S/c1-2-9-7(8)6-3-4-10-5-6/h3H,2,4-5H2,1H3. The van der Waals surface area contributed by atoms with Crippen molar-refractivity contribution < 1.29 is 9.53 Å². The first-order chi connectivity index (χ1) is 4.84. The smallest absolute Gasteiger partial charge is 0.334 e. The molecule has 1 heterocycles. The van der Waals surface area contributed by atoms with Crippen molar-refractivity contribution in [1.82, 2.24) is 0 Å². The van der Waals surface area contributed by atoms with E-state index >= 15 is 0 Å². The van der Waals surface area contributed by atoms with Gasteiger partial charge >= 0.3 is 5.97 Å². The fraction of sp³-hybridized carbons (Fsp3) is 0.571. The molecule has 0 fully saturated rings. The zero-order valence-electron chi connectivity index (χ0n) is 5.92. The van der Waals surface area contributed by atoms with Crippen molar-refractivity contribution in [1.29, 1.82) is 0 Å². The van der Waals surface area contributed by atoms with Crippen LogP contribution in [0.3, 0.4) is 0 Å². The highest BCUT2D eigenvalue weighted by atomic mass is 32.2. The van der Waals surface area contributed by atoms with Crippen LogP contribution < -0.4 is 0 Å². The lowest BCUT2D eigenvalue weighted by molar-refractivity contribution is -0.138. The van der Waals surface area contributed by atoms with Gasteiger partial charge in [-0.25, -0.2) is 4.79 Å². The van der Waals surface area contributed by atoms with Gasteiger partial charge in [0, 0.05) is 17.1 Å². The molecule has 0 saturated heterocycles. The van der Waals surface area contributed by atoms with Gasteiger partial charge in [0.15, 0.2) is 0 Å². The second-order valence-electron chi connectivity index (χ2n) is 1.96. The van der Waals surface area contributed by atoms with E-state index in [0.29, 0.717) is 6.61 Å². The van der Waals surface area contributed by atoms with Gasteiger partial charge in [0.05, 0.1) is 6.61 Å². The molecule has 56 valence electrons. The van der Waals surface area contributed by atoms with Gasteiger partial charge < -0.3 is 4.74 Å². The molecule has 0 N–H and O–H groups in total. The predicted molar refractivity (Wildman–Crippen MR) is 42.0 cm³/mol. The Bertz CT molecular complexity index is 163. The molecule has 0 aliphatic carbocycles. The fourth-order valence-corrected chi connectivity index (χ4v) is 1.65. The van der Waals surface area contributed by atoms with E-state index in [1.807, 2.05) is 13.0 Å². The highest BCUT2D eigenvalue weighted by Crippen LogP contribution is 2.17. The maximum atomic E-state index is 10.9. The fourth-order valence-electron chi connectivity index (χ4n) is 0.753. The average molecular weight is 158 g/mol. The average Bonchev–Trinajstić information content (AvgIpc) is 2.38. The van der Waals surface area contributed by atoms with Crippen molar-refractivity contribution >= 4 is 17.7 Å². The van der Waals surface area contributed by atoms with Crippen LogP contribution >= 0.6 is 11.8 Å². The number of hydrogen-bond acceptors (Lipinski definition) is 3. The van der Waals surface area contributed by atoms with Crippen LogP contribution in [0.5, 0.6) is 0 Å². The van der Waals surface area contributed by atoms with Crippen LogP contribution in [0, 0.1) is 0 Å². The largest absolute Gasteiger partial charge is 0.463 e. The van der Waals surface area contributed by atoms with E-state index in [1.165, 1.54) is 0 Å². The minimum Gasteiger partial charge on any atom is -0.463 e. The molecule has 3 heteroatoms. The zero-order chi connectivity index (χ0) is 7.40. The Morgan fingerprint density at radius 2 is 2.70 bits per heavy atom. The molecule has 0 unspecified atom stereocenters. The summed E-state index contributed by atoms with van der Waals surface area (Å²) >= 11 is 1.74. The summed E-state index contributed by atoms with van der Waals surface area (Å²) in [6.45, 7) is 2.29. The maximum absolute atomic E-state index is 10.9. The van der Waals surface area contributed by atoms with Crippen molar-refractivity contribution in [2.24, 2.45) is 0 Å². The molecule has 0 aromatic heterocycles. The lowest BCUT2D eigenvalue weighted by Crippen LogP contribution is -2.07. The minimum atomic E-state index is -0.146. The first-order valence-corrected chi connectivity index (χ1v) is 4.44. The molecule has 0 bridgehead atoms. The van der Waals surface area contributed by atoms with E-state index in [2.05, 4.69) is 0 Å². The van der Waals surface area contributed by atoms with Gasteiger partial charge in [-0.1, -0.05) is 6.08 Å². The molecule has 0 radical (unpaired) electrons. The highest BCUT2D eigenvalue weighted by molar-refractivity contribution is 7.99. The van der Waals surface area contributed by atoms with E-state index in [9.17, 15) is 4.79 Å². The van der Waals surface area contributed by atoms with Gasteiger partial charge in [0.25, 0.3) is 0 Å². The summed E-state index contributed by atoms with van der Waals surface area (Å²) in [5.74, 6) is 1.62. The number of ether oxygens (including phenoxy) is 1. The normalized spacial score (nSPS) is 16.7. The summed E-state index contributed by atoms with van der Waals surface area (Å²) in [5.41, 5.74) is 0.826. The minimum absolute atomic E-state index is 0.146. The molecule has 0 atom stereocenters. The lowest BCUT2D eigenvalue weighted by Gasteiger charge is -1.99. The molecule has 0 aromatic rings. The van der Waals surface area contributed by atoms with Crippen LogP contribution in [-0.2, 0) is 9.53 Å². The molecule has 1 rings (SSSR count). The Labute approximate surface area is 64.6 Å². The Morgan fingerprint density at radius 3 is 3.20 bits per heavy atom. The molecule has 0 aromatic carbocycles. The van der Waals surface area contributed by atoms with Crippen LogP contribution in [-0.4, -0.2) is 24.1 Å². The SMILES string of the molecule is CCOC(=O)C1=CCSC1. The Hall–Kier alpha value is -0.440. The topological polar surface area (TPSA) is 26.3 Å². The van der Waals surface area contributed by atoms with Gasteiger partial charge in [-0.2, -0.15) is 11.8 Å². The molecule has 0 amide bonds. The molecule has 1 aliphatic rings. The monoisotopic (exact) mass is 158 g/mol. The van der Waals surface area contributed by atoms with Crippen LogP contribution in [0.4, 0.5) is 0 Å². The van der Waals surface area contributed by atoms with Gasteiger partial charge in [-0.05, 0) is 6.92 Å². The molecule has 10 heavy (non-hydrogen) atoms. The van der Waals surface area contributed by atoms with Gasteiger partial charge in [0.1, 0.15) is 0 Å². The number of rotatable bonds is 2. The molecule has 1 aliphatic heterocycles. The quantitative estimate of drug-likeness (QED) is 0.565. The zero-order valence-corrected chi connectivity index (χ0v) is 6.74.